The van der Waals surface area contributed by atoms with Crippen LogP contribution in [0.1, 0.15) is 24.0 Å². The number of nitrogens with zero attached hydrogens (tertiary/aromatic N) is 2. The van der Waals surface area contributed by atoms with Gasteiger partial charge in [-0.1, -0.05) is 23.7 Å². The van der Waals surface area contributed by atoms with Crippen LogP contribution in [-0.2, 0) is 22.4 Å². The number of rotatable bonds is 7. The molecule has 1 aromatic carbocycles. The molecule has 0 radical (unpaired) electrons. The second-order valence-electron chi connectivity index (χ2n) is 6.66. The molecule has 0 bridgehead atoms. The van der Waals surface area contributed by atoms with Crippen LogP contribution >= 0.6 is 11.6 Å². The van der Waals surface area contributed by atoms with Crippen LogP contribution in [0.5, 0.6) is 0 Å². The standard InChI is InChI=1S/C18H21ClN4O2/c19-15-6-4-13(5-7-15)8-18(17(20)25)11-23(12-18)16(24)3-1-2-14-9-21-22-10-14/h4-7,9-10H,1-3,8,11-12H2,(H2,20,25)(H,21,22). The number of carbonyl (C=O) groups excluding carboxylic acids is 2. The summed E-state index contributed by atoms with van der Waals surface area (Å²) in [6.45, 7) is 0.769. The lowest BCUT2D eigenvalue weighted by Crippen LogP contribution is -2.64. The molecule has 0 unspecified atom stereocenters. The molecular formula is C18H21ClN4O2. The average molecular weight is 361 g/mol. The third kappa shape index (κ3) is 4.02. The SMILES string of the molecule is NC(=O)C1(Cc2ccc(Cl)cc2)CN(C(=O)CCCc2cn[nH]c2)C1. The normalized spacial score (nSPS) is 15.6. The van der Waals surface area contributed by atoms with Crippen molar-refractivity contribution >= 4 is 23.4 Å². The molecular weight excluding hydrogens is 340 g/mol. The molecule has 0 saturated carbocycles. The summed E-state index contributed by atoms with van der Waals surface area (Å²) in [7, 11) is 0. The molecule has 1 aliphatic rings. The minimum atomic E-state index is -0.673. The third-order valence-corrected chi connectivity index (χ3v) is 4.98. The van der Waals surface area contributed by atoms with Crippen molar-refractivity contribution in [2.75, 3.05) is 13.1 Å². The monoisotopic (exact) mass is 360 g/mol. The van der Waals surface area contributed by atoms with E-state index in [-0.39, 0.29) is 11.8 Å². The van der Waals surface area contributed by atoms with Crippen LogP contribution in [0.3, 0.4) is 0 Å². The van der Waals surface area contributed by atoms with E-state index in [0.717, 1.165) is 24.0 Å². The Morgan fingerprint density at radius 1 is 1.24 bits per heavy atom. The number of nitrogens with two attached hydrogens (primary N) is 1. The van der Waals surface area contributed by atoms with Gasteiger partial charge in [0.25, 0.3) is 0 Å². The summed E-state index contributed by atoms with van der Waals surface area (Å²) >= 11 is 5.89. The number of halogens is 1. The van der Waals surface area contributed by atoms with E-state index in [2.05, 4.69) is 10.2 Å². The molecule has 2 heterocycles. The van der Waals surface area contributed by atoms with Crippen LogP contribution in [0, 0.1) is 5.41 Å². The Morgan fingerprint density at radius 3 is 2.56 bits per heavy atom. The molecule has 1 fully saturated rings. The summed E-state index contributed by atoms with van der Waals surface area (Å²) in [6, 6.07) is 7.37. The van der Waals surface area contributed by atoms with Crippen LogP contribution in [0.25, 0.3) is 0 Å². The number of benzene rings is 1. The van der Waals surface area contributed by atoms with Crippen LogP contribution in [-0.4, -0.2) is 40.0 Å². The molecule has 3 N–H and O–H groups in total. The summed E-state index contributed by atoms with van der Waals surface area (Å²) in [5.74, 6) is -0.290. The van der Waals surface area contributed by atoms with Gasteiger partial charge in [0, 0.05) is 30.7 Å². The number of likely N-dealkylation sites (tertiary alicyclic amines) is 1. The lowest BCUT2D eigenvalue weighted by Gasteiger charge is -2.48. The van der Waals surface area contributed by atoms with Crippen molar-refractivity contribution in [3.8, 4) is 0 Å². The Bertz CT molecular complexity index is 737. The Kier molecular flexibility index (Phi) is 5.08. The fraction of sp³-hybridized carbons (Fsp3) is 0.389. The average Bonchev–Trinajstić information content (AvgIpc) is 3.05. The van der Waals surface area contributed by atoms with Crippen molar-refractivity contribution < 1.29 is 9.59 Å². The first-order valence-electron chi connectivity index (χ1n) is 8.28. The molecule has 132 valence electrons. The van der Waals surface area contributed by atoms with Gasteiger partial charge in [-0.05, 0) is 42.5 Å². The van der Waals surface area contributed by atoms with Gasteiger partial charge in [0.15, 0.2) is 0 Å². The zero-order chi connectivity index (χ0) is 17.9. The van der Waals surface area contributed by atoms with E-state index in [1.807, 2.05) is 18.3 Å². The zero-order valence-corrected chi connectivity index (χ0v) is 14.6. The molecule has 0 spiro atoms. The number of amides is 2. The smallest absolute Gasteiger partial charge is 0.227 e. The molecule has 3 rings (SSSR count). The van der Waals surface area contributed by atoms with Gasteiger partial charge in [0.2, 0.25) is 11.8 Å². The van der Waals surface area contributed by atoms with Crippen LogP contribution in [0.4, 0.5) is 0 Å². The fourth-order valence-electron chi connectivity index (χ4n) is 3.22. The predicted octanol–water partition coefficient (Wildman–Crippen LogP) is 1.94. The van der Waals surface area contributed by atoms with Gasteiger partial charge in [0.05, 0.1) is 11.6 Å². The van der Waals surface area contributed by atoms with Crippen LogP contribution in [0.15, 0.2) is 36.7 Å². The van der Waals surface area contributed by atoms with E-state index in [1.165, 1.54) is 0 Å². The van der Waals surface area contributed by atoms with E-state index in [9.17, 15) is 9.59 Å². The number of carbonyl (C=O) groups is 2. The number of hydrogen-bond acceptors (Lipinski definition) is 3. The van der Waals surface area contributed by atoms with E-state index in [0.29, 0.717) is 31.0 Å². The zero-order valence-electron chi connectivity index (χ0n) is 13.9. The van der Waals surface area contributed by atoms with Crippen molar-refractivity contribution in [3.63, 3.8) is 0 Å². The highest BCUT2D eigenvalue weighted by atomic mass is 35.5. The maximum Gasteiger partial charge on any atom is 0.227 e. The quantitative estimate of drug-likeness (QED) is 0.790. The van der Waals surface area contributed by atoms with Gasteiger partial charge in [-0.2, -0.15) is 5.10 Å². The molecule has 6 nitrogen and oxygen atoms in total. The van der Waals surface area contributed by atoms with Gasteiger partial charge in [-0.15, -0.1) is 0 Å². The molecule has 1 aromatic heterocycles. The van der Waals surface area contributed by atoms with E-state index < -0.39 is 5.41 Å². The molecule has 7 heteroatoms. The van der Waals surface area contributed by atoms with Crippen molar-refractivity contribution in [3.05, 3.63) is 52.8 Å². The summed E-state index contributed by atoms with van der Waals surface area (Å²) < 4.78 is 0. The topological polar surface area (TPSA) is 92.1 Å². The second-order valence-corrected chi connectivity index (χ2v) is 7.09. The lowest BCUT2D eigenvalue weighted by atomic mass is 9.74. The Hall–Kier alpha value is -2.34. The summed E-state index contributed by atoms with van der Waals surface area (Å²) in [5.41, 5.74) is 7.04. The Labute approximate surface area is 151 Å². The van der Waals surface area contributed by atoms with Crippen molar-refractivity contribution in [2.45, 2.75) is 25.7 Å². The van der Waals surface area contributed by atoms with Crippen LogP contribution < -0.4 is 5.73 Å². The predicted molar refractivity (Wildman–Crippen MR) is 94.9 cm³/mol. The van der Waals surface area contributed by atoms with Gasteiger partial charge >= 0.3 is 0 Å². The minimum absolute atomic E-state index is 0.0662. The molecule has 1 aliphatic heterocycles. The van der Waals surface area contributed by atoms with Crippen molar-refractivity contribution in [2.24, 2.45) is 11.1 Å². The highest BCUT2D eigenvalue weighted by Crippen LogP contribution is 2.35. The highest BCUT2D eigenvalue weighted by Gasteiger charge is 2.49. The molecule has 0 aliphatic carbocycles. The molecule has 2 aromatic rings. The molecule has 0 atom stereocenters. The van der Waals surface area contributed by atoms with E-state index in [4.69, 9.17) is 17.3 Å². The van der Waals surface area contributed by atoms with Crippen LogP contribution in [0.2, 0.25) is 5.02 Å². The molecule has 25 heavy (non-hydrogen) atoms. The Balaban J connectivity index is 1.52. The van der Waals surface area contributed by atoms with Crippen molar-refractivity contribution in [1.29, 1.82) is 0 Å². The van der Waals surface area contributed by atoms with Gasteiger partial charge in [0.1, 0.15) is 0 Å². The maximum absolute atomic E-state index is 12.3. The first-order chi connectivity index (χ1) is 12.0. The second kappa shape index (κ2) is 7.27. The highest BCUT2D eigenvalue weighted by molar-refractivity contribution is 6.30. The first kappa shape index (κ1) is 17.5. The number of H-pyrrole nitrogens is 1. The summed E-state index contributed by atoms with van der Waals surface area (Å²) in [6.07, 6.45) is 6.15. The van der Waals surface area contributed by atoms with Gasteiger partial charge < -0.3 is 10.6 Å². The third-order valence-electron chi connectivity index (χ3n) is 4.73. The summed E-state index contributed by atoms with van der Waals surface area (Å²) in [4.78, 5) is 26.0. The van der Waals surface area contributed by atoms with Gasteiger partial charge in [-0.25, -0.2) is 0 Å². The van der Waals surface area contributed by atoms with E-state index >= 15 is 0 Å². The summed E-state index contributed by atoms with van der Waals surface area (Å²) in [5, 5.41) is 7.30. The van der Waals surface area contributed by atoms with Crippen molar-refractivity contribution in [1.82, 2.24) is 15.1 Å². The molecule has 2 amide bonds. The minimum Gasteiger partial charge on any atom is -0.369 e. The van der Waals surface area contributed by atoms with E-state index in [1.54, 1.807) is 23.2 Å². The van der Waals surface area contributed by atoms with Gasteiger partial charge in [-0.3, -0.25) is 14.7 Å². The number of aryl methyl sites for hydroxylation is 1. The largest absolute Gasteiger partial charge is 0.369 e. The molecule has 1 saturated heterocycles. The maximum atomic E-state index is 12.3. The lowest BCUT2D eigenvalue weighted by molar-refractivity contribution is -0.151. The number of aromatic amines is 1. The Morgan fingerprint density at radius 2 is 1.96 bits per heavy atom. The first-order valence-corrected chi connectivity index (χ1v) is 8.66. The number of hydrogen-bond donors (Lipinski definition) is 2. The fourth-order valence-corrected chi connectivity index (χ4v) is 3.35. The number of aromatic nitrogens is 2. The number of nitrogens with one attached hydrogen (secondary N) is 1. The number of primary amides is 1.